The van der Waals surface area contributed by atoms with E-state index in [2.05, 4.69) is 15.3 Å². The second kappa shape index (κ2) is 7.39. The molecule has 1 aliphatic heterocycles. The van der Waals surface area contributed by atoms with E-state index in [4.69, 9.17) is 0 Å². The number of hydrogen-bond donors (Lipinski definition) is 1. The van der Waals surface area contributed by atoms with Gasteiger partial charge in [0.1, 0.15) is 0 Å². The van der Waals surface area contributed by atoms with Crippen LogP contribution in [0, 0.1) is 13.8 Å². The van der Waals surface area contributed by atoms with Crippen molar-refractivity contribution in [2.45, 2.75) is 44.8 Å². The highest BCUT2D eigenvalue weighted by Gasteiger charge is 2.29. The molecule has 0 aliphatic carbocycles. The van der Waals surface area contributed by atoms with Crippen molar-refractivity contribution in [2.75, 3.05) is 11.1 Å². The van der Waals surface area contributed by atoms with E-state index in [0.717, 1.165) is 33.5 Å². The lowest BCUT2D eigenvalue weighted by atomic mass is 10.1. The Morgan fingerprint density at radius 2 is 2.07 bits per heavy atom. The first-order valence-corrected chi connectivity index (χ1v) is 10.4. The first kappa shape index (κ1) is 18.7. The topological polar surface area (TPSA) is 76.9 Å². The second-order valence-electron chi connectivity index (χ2n) is 7.03. The third-order valence-corrected chi connectivity index (χ3v) is 6.14. The van der Waals surface area contributed by atoms with Crippen LogP contribution in [0.4, 0.5) is 5.69 Å². The van der Waals surface area contributed by atoms with Crippen LogP contribution >= 0.6 is 11.8 Å². The van der Waals surface area contributed by atoms with Gasteiger partial charge in [0.25, 0.3) is 5.56 Å². The second-order valence-corrected chi connectivity index (χ2v) is 8.02. The largest absolute Gasteiger partial charge is 0.325 e. The molecule has 1 unspecified atom stereocenters. The van der Waals surface area contributed by atoms with E-state index >= 15 is 0 Å². The zero-order valence-corrected chi connectivity index (χ0v) is 17.0. The summed E-state index contributed by atoms with van der Waals surface area (Å²) in [5.74, 6) is 0.568. The van der Waals surface area contributed by atoms with Crippen molar-refractivity contribution in [2.24, 2.45) is 0 Å². The van der Waals surface area contributed by atoms with Gasteiger partial charge in [-0.05, 0) is 32.4 Å². The van der Waals surface area contributed by atoms with Gasteiger partial charge in [-0.2, -0.15) is 0 Å². The average Bonchev–Trinajstić information content (AvgIpc) is 3.04. The number of thioether (sulfide) groups is 1. The van der Waals surface area contributed by atoms with E-state index in [1.54, 1.807) is 4.57 Å². The number of anilines is 1. The Bertz CT molecular complexity index is 1140. The molecule has 1 amide bonds. The number of aromatic nitrogens is 3. The third-order valence-electron chi connectivity index (χ3n) is 5.05. The van der Waals surface area contributed by atoms with E-state index in [-0.39, 0.29) is 23.9 Å². The lowest BCUT2D eigenvalue weighted by Gasteiger charge is -2.16. The fourth-order valence-corrected chi connectivity index (χ4v) is 4.89. The minimum Gasteiger partial charge on any atom is -0.325 e. The fraction of sp³-hybridized carbons (Fsp3) is 0.333. The maximum atomic E-state index is 12.9. The normalized spacial score (nSPS) is 15.6. The van der Waals surface area contributed by atoms with Gasteiger partial charge >= 0.3 is 0 Å². The molecule has 0 spiro atoms. The van der Waals surface area contributed by atoms with Crippen molar-refractivity contribution in [1.82, 2.24) is 14.5 Å². The molecule has 0 radical (unpaired) electrons. The molecule has 28 heavy (non-hydrogen) atoms. The molecule has 1 N–H and O–H groups in total. The van der Waals surface area contributed by atoms with Gasteiger partial charge in [-0.3, -0.25) is 19.1 Å². The van der Waals surface area contributed by atoms with Crippen molar-refractivity contribution in [3.8, 4) is 0 Å². The molecule has 7 heteroatoms. The molecule has 0 bridgehead atoms. The minimum absolute atomic E-state index is 0.0157. The molecular formula is C21H22N4O2S. The molecule has 3 aromatic rings. The Kier molecular flexibility index (Phi) is 4.93. The van der Waals surface area contributed by atoms with Crippen LogP contribution in [0.1, 0.15) is 36.3 Å². The number of benzene rings is 1. The van der Waals surface area contributed by atoms with Crippen LogP contribution in [0.2, 0.25) is 0 Å². The number of carbonyl (C=O) groups is 1. The molecule has 2 aromatic heterocycles. The van der Waals surface area contributed by atoms with Crippen molar-refractivity contribution in [1.29, 1.82) is 0 Å². The number of para-hydroxylation sites is 1. The quantitative estimate of drug-likeness (QED) is 0.684. The van der Waals surface area contributed by atoms with Crippen molar-refractivity contribution < 1.29 is 4.79 Å². The highest BCUT2D eigenvalue weighted by molar-refractivity contribution is 7.99. The highest BCUT2D eigenvalue weighted by Crippen LogP contribution is 2.33. The fourth-order valence-electron chi connectivity index (χ4n) is 3.70. The zero-order chi connectivity index (χ0) is 19.8. The number of amides is 1. The van der Waals surface area contributed by atoms with E-state index in [1.807, 2.05) is 51.1 Å². The number of hydrogen-bond acceptors (Lipinski definition) is 5. The van der Waals surface area contributed by atoms with Gasteiger partial charge in [0.15, 0.2) is 5.16 Å². The van der Waals surface area contributed by atoms with E-state index in [0.29, 0.717) is 17.3 Å². The highest BCUT2D eigenvalue weighted by atomic mass is 32.2. The van der Waals surface area contributed by atoms with Crippen LogP contribution < -0.4 is 10.9 Å². The number of fused-ring (bicyclic) bond motifs is 2. The van der Waals surface area contributed by atoms with Crippen LogP contribution in [-0.2, 0) is 11.2 Å². The summed E-state index contributed by atoms with van der Waals surface area (Å²) in [7, 11) is 0. The summed E-state index contributed by atoms with van der Waals surface area (Å²) in [5, 5.41) is 4.64. The molecule has 0 fully saturated rings. The van der Waals surface area contributed by atoms with E-state index < -0.39 is 0 Å². The van der Waals surface area contributed by atoms with Crippen LogP contribution in [0.5, 0.6) is 0 Å². The molecule has 4 rings (SSSR count). The van der Waals surface area contributed by atoms with Gasteiger partial charge in [0.05, 0.1) is 17.2 Å². The van der Waals surface area contributed by atoms with Crippen LogP contribution in [0.3, 0.4) is 0 Å². The number of rotatable bonds is 4. The lowest BCUT2D eigenvalue weighted by molar-refractivity contribution is -0.116. The summed E-state index contributed by atoms with van der Waals surface area (Å²) >= 11 is 1.54. The average molecular weight is 395 g/mol. The monoisotopic (exact) mass is 394 g/mol. The smallest absolute Gasteiger partial charge is 0.257 e. The summed E-state index contributed by atoms with van der Waals surface area (Å²) in [6.07, 6.45) is 0.882. The first-order chi connectivity index (χ1) is 13.5. The molecule has 0 saturated heterocycles. The summed E-state index contributed by atoms with van der Waals surface area (Å²) in [6, 6.07) is 9.44. The number of carbonyl (C=O) groups excluding carboxylic acids is 1. The molecule has 144 valence electrons. The van der Waals surface area contributed by atoms with E-state index in [1.165, 1.54) is 11.8 Å². The molecular weight excluding hydrogens is 372 g/mol. The number of aryl methyl sites for hydroxylation is 2. The maximum Gasteiger partial charge on any atom is 0.257 e. The zero-order valence-electron chi connectivity index (χ0n) is 16.2. The van der Waals surface area contributed by atoms with Crippen molar-refractivity contribution in [3.63, 3.8) is 0 Å². The summed E-state index contributed by atoms with van der Waals surface area (Å²) < 4.78 is 1.70. The molecule has 6 nitrogen and oxygen atoms in total. The Morgan fingerprint density at radius 3 is 2.86 bits per heavy atom. The van der Waals surface area contributed by atoms with Crippen molar-refractivity contribution >= 4 is 34.3 Å². The maximum absolute atomic E-state index is 12.9. The molecule has 1 aliphatic rings. The predicted molar refractivity (Wildman–Crippen MR) is 112 cm³/mol. The van der Waals surface area contributed by atoms with Gasteiger partial charge in [-0.25, -0.2) is 4.98 Å². The first-order valence-electron chi connectivity index (χ1n) is 9.39. The molecule has 0 saturated carbocycles. The summed E-state index contributed by atoms with van der Waals surface area (Å²) in [6.45, 7) is 5.74. The van der Waals surface area contributed by atoms with Crippen molar-refractivity contribution in [3.05, 3.63) is 57.6 Å². The van der Waals surface area contributed by atoms with Gasteiger partial charge < -0.3 is 5.32 Å². The number of nitrogens with one attached hydrogen (secondary N) is 1. The van der Waals surface area contributed by atoms with Gasteiger partial charge in [0.2, 0.25) is 5.91 Å². The number of nitrogens with zero attached hydrogens (tertiary/aromatic N) is 3. The lowest BCUT2D eigenvalue weighted by Crippen LogP contribution is -2.30. The minimum atomic E-state index is -0.180. The van der Waals surface area contributed by atoms with Gasteiger partial charge in [-0.15, -0.1) is 0 Å². The Labute approximate surface area is 167 Å². The van der Waals surface area contributed by atoms with E-state index in [9.17, 15) is 9.59 Å². The van der Waals surface area contributed by atoms with Gasteiger partial charge in [0, 0.05) is 34.5 Å². The van der Waals surface area contributed by atoms with Gasteiger partial charge in [-0.1, -0.05) is 36.9 Å². The number of pyridine rings is 1. The Morgan fingerprint density at radius 1 is 1.29 bits per heavy atom. The summed E-state index contributed by atoms with van der Waals surface area (Å²) in [5.41, 5.74) is 3.95. The predicted octanol–water partition coefficient (Wildman–Crippen LogP) is 3.65. The van der Waals surface area contributed by atoms with Crippen LogP contribution in [0.15, 0.2) is 40.3 Å². The molecule has 3 heterocycles. The Hall–Kier alpha value is -2.67. The van der Waals surface area contributed by atoms with Crippen LogP contribution in [-0.4, -0.2) is 26.2 Å². The molecule has 1 atom stereocenters. The molecule has 1 aromatic carbocycles. The Balaban J connectivity index is 1.60. The SMILES string of the molecule is CCc1c(C)nc2n(c1=O)C(CC(=O)Nc1cc(C)nc3ccccc13)CS2. The summed E-state index contributed by atoms with van der Waals surface area (Å²) in [4.78, 5) is 34.7. The third kappa shape index (κ3) is 3.30. The standard InChI is InChI=1S/C21H22N4O2S/c1-4-15-13(3)23-21-25(20(15)27)14(11-28-21)10-19(26)24-18-9-12(2)22-17-8-6-5-7-16(17)18/h5-9,14H,4,10-11H2,1-3H3,(H,22,24,26). The van der Waals surface area contributed by atoms with Crippen LogP contribution in [0.25, 0.3) is 10.9 Å².